The van der Waals surface area contributed by atoms with Crippen LogP contribution in [0, 0.1) is 20.8 Å². The lowest BCUT2D eigenvalue weighted by atomic mass is 9.93. The maximum absolute atomic E-state index is 12.8. The van der Waals surface area contributed by atoms with Gasteiger partial charge in [0.25, 0.3) is 0 Å². The fourth-order valence-corrected chi connectivity index (χ4v) is 4.05. The van der Waals surface area contributed by atoms with Gasteiger partial charge in [0.2, 0.25) is 11.9 Å². The average molecular weight is 429 g/mol. The van der Waals surface area contributed by atoms with E-state index in [9.17, 15) is 4.79 Å². The van der Waals surface area contributed by atoms with Crippen molar-refractivity contribution in [3.05, 3.63) is 77.1 Å². The summed E-state index contributed by atoms with van der Waals surface area (Å²) in [6.07, 6.45) is 8.87. The van der Waals surface area contributed by atoms with E-state index < -0.39 is 0 Å². The van der Waals surface area contributed by atoms with Crippen molar-refractivity contribution in [1.82, 2.24) is 24.8 Å². The number of pyridine rings is 2. The van der Waals surface area contributed by atoms with Crippen LogP contribution in [0.3, 0.4) is 0 Å². The zero-order valence-electron chi connectivity index (χ0n) is 18.7. The number of amides is 1. The molecule has 4 heterocycles. The minimum Gasteiger partial charge on any atom is -0.338 e. The Morgan fingerprint density at radius 1 is 1.09 bits per heavy atom. The average Bonchev–Trinajstić information content (AvgIpc) is 2.77. The number of piperidine rings is 1. The lowest BCUT2D eigenvalue weighted by molar-refractivity contribution is -0.127. The van der Waals surface area contributed by atoms with Crippen LogP contribution >= 0.6 is 0 Å². The van der Waals surface area contributed by atoms with Gasteiger partial charge in [0.15, 0.2) is 0 Å². The molecule has 7 heteroatoms. The Morgan fingerprint density at radius 3 is 2.62 bits per heavy atom. The molecule has 0 aliphatic carbocycles. The number of carbonyl (C=O) groups excluding carboxylic acids is 1. The molecule has 0 aromatic carbocycles. The maximum atomic E-state index is 12.8. The molecule has 1 fully saturated rings. The smallest absolute Gasteiger partial charge is 0.246 e. The van der Waals surface area contributed by atoms with Gasteiger partial charge in [0, 0.05) is 65.9 Å². The molecule has 1 aliphatic heterocycles. The Hall–Kier alpha value is -3.61. The molecule has 0 bridgehead atoms. The van der Waals surface area contributed by atoms with E-state index in [0.29, 0.717) is 12.5 Å². The van der Waals surface area contributed by atoms with Crippen LogP contribution in [0.4, 0.5) is 11.6 Å². The summed E-state index contributed by atoms with van der Waals surface area (Å²) in [5.41, 5.74) is 5.59. The first-order chi connectivity index (χ1) is 15.5. The van der Waals surface area contributed by atoms with Gasteiger partial charge in [0.1, 0.15) is 0 Å². The Morgan fingerprint density at radius 2 is 1.88 bits per heavy atom. The molecular formula is C25H28N6O. The highest BCUT2D eigenvalue weighted by Gasteiger charge is 2.25. The largest absolute Gasteiger partial charge is 0.338 e. The SMILES string of the molecule is Cc1cc(Nc2nc(C)cc(C)n2)cc([C@H]2CCCN(C(=O)/C=C/c3cccnc3)C2)n1. The molecule has 32 heavy (non-hydrogen) atoms. The van der Waals surface area contributed by atoms with Gasteiger partial charge in [-0.2, -0.15) is 0 Å². The van der Waals surface area contributed by atoms with Crippen molar-refractivity contribution < 1.29 is 4.79 Å². The van der Waals surface area contributed by atoms with Gasteiger partial charge in [-0.15, -0.1) is 0 Å². The first-order valence-electron chi connectivity index (χ1n) is 10.9. The van der Waals surface area contributed by atoms with Crippen molar-refractivity contribution in [2.24, 2.45) is 0 Å². The van der Waals surface area contributed by atoms with E-state index in [4.69, 9.17) is 4.98 Å². The second-order valence-corrected chi connectivity index (χ2v) is 8.26. The zero-order valence-corrected chi connectivity index (χ0v) is 18.7. The molecule has 1 saturated heterocycles. The number of likely N-dealkylation sites (tertiary alicyclic amines) is 1. The molecule has 7 nitrogen and oxygen atoms in total. The molecule has 1 atom stereocenters. The van der Waals surface area contributed by atoms with Crippen LogP contribution in [0.5, 0.6) is 0 Å². The molecule has 4 rings (SSSR count). The van der Waals surface area contributed by atoms with Crippen molar-refractivity contribution in [3.63, 3.8) is 0 Å². The van der Waals surface area contributed by atoms with Crippen molar-refractivity contribution in [2.75, 3.05) is 18.4 Å². The van der Waals surface area contributed by atoms with E-state index in [2.05, 4.69) is 26.3 Å². The van der Waals surface area contributed by atoms with E-state index in [1.54, 1.807) is 18.5 Å². The highest BCUT2D eigenvalue weighted by atomic mass is 16.2. The van der Waals surface area contributed by atoms with Gasteiger partial charge in [-0.25, -0.2) is 9.97 Å². The summed E-state index contributed by atoms with van der Waals surface area (Å²) in [5, 5.41) is 3.32. The molecule has 0 saturated carbocycles. The molecule has 164 valence electrons. The van der Waals surface area contributed by atoms with Gasteiger partial charge in [-0.3, -0.25) is 14.8 Å². The van der Waals surface area contributed by atoms with Gasteiger partial charge in [0.05, 0.1) is 0 Å². The second kappa shape index (κ2) is 9.68. The Kier molecular flexibility index (Phi) is 6.54. The van der Waals surface area contributed by atoms with Crippen LogP contribution in [0.2, 0.25) is 0 Å². The van der Waals surface area contributed by atoms with E-state index in [1.807, 2.05) is 56.0 Å². The number of anilines is 2. The fraction of sp³-hybridized carbons (Fsp3) is 0.320. The summed E-state index contributed by atoms with van der Waals surface area (Å²) >= 11 is 0. The highest BCUT2D eigenvalue weighted by molar-refractivity contribution is 5.91. The first-order valence-corrected chi connectivity index (χ1v) is 10.9. The summed E-state index contributed by atoms with van der Waals surface area (Å²) < 4.78 is 0. The quantitative estimate of drug-likeness (QED) is 0.608. The molecule has 1 aliphatic rings. The minimum absolute atomic E-state index is 0.0215. The number of rotatable bonds is 5. The van der Waals surface area contributed by atoms with Crippen molar-refractivity contribution in [2.45, 2.75) is 39.5 Å². The van der Waals surface area contributed by atoms with Crippen LogP contribution in [-0.4, -0.2) is 43.8 Å². The lowest BCUT2D eigenvalue weighted by Gasteiger charge is -2.32. The first kappa shape index (κ1) is 21.6. The monoisotopic (exact) mass is 428 g/mol. The van der Waals surface area contributed by atoms with E-state index in [1.165, 1.54) is 0 Å². The number of nitrogens with zero attached hydrogens (tertiary/aromatic N) is 5. The van der Waals surface area contributed by atoms with Gasteiger partial charge in [-0.05, 0) is 69.5 Å². The Bertz CT molecular complexity index is 1110. The summed E-state index contributed by atoms with van der Waals surface area (Å²) in [6.45, 7) is 7.32. The zero-order chi connectivity index (χ0) is 22.5. The standard InChI is InChI=1S/C25H28N6O/c1-17-12-18(2)29-25(28-17)30-22-13-19(3)27-23(14-22)21-7-5-11-31(16-21)24(32)9-8-20-6-4-10-26-15-20/h4,6,8-10,12-15,21H,5,7,11,16H2,1-3H3,(H,27,28,29,30)/b9-8+/t21-/m0/s1. The molecule has 3 aromatic heterocycles. The molecule has 0 radical (unpaired) electrons. The summed E-state index contributed by atoms with van der Waals surface area (Å²) in [6, 6.07) is 9.79. The third-order valence-corrected chi connectivity index (χ3v) is 5.47. The maximum Gasteiger partial charge on any atom is 0.246 e. The van der Waals surface area contributed by atoms with Crippen molar-refractivity contribution in [3.8, 4) is 0 Å². The molecule has 0 unspecified atom stereocenters. The van der Waals surface area contributed by atoms with Gasteiger partial charge < -0.3 is 10.2 Å². The fourth-order valence-electron chi connectivity index (χ4n) is 4.05. The third kappa shape index (κ3) is 5.55. The van der Waals surface area contributed by atoms with Gasteiger partial charge >= 0.3 is 0 Å². The van der Waals surface area contributed by atoms with E-state index in [0.717, 1.165) is 53.4 Å². The number of aromatic nitrogens is 4. The Balaban J connectivity index is 1.48. The van der Waals surface area contributed by atoms with Crippen LogP contribution in [0.25, 0.3) is 6.08 Å². The van der Waals surface area contributed by atoms with E-state index in [-0.39, 0.29) is 11.8 Å². The number of nitrogens with one attached hydrogen (secondary N) is 1. The molecule has 1 amide bonds. The van der Waals surface area contributed by atoms with Gasteiger partial charge in [-0.1, -0.05) is 6.07 Å². The van der Waals surface area contributed by atoms with Crippen LogP contribution in [0.1, 0.15) is 47.1 Å². The highest BCUT2D eigenvalue weighted by Crippen LogP contribution is 2.28. The molecule has 3 aromatic rings. The van der Waals surface area contributed by atoms with Crippen LogP contribution < -0.4 is 5.32 Å². The van der Waals surface area contributed by atoms with Crippen LogP contribution in [-0.2, 0) is 4.79 Å². The topological polar surface area (TPSA) is 83.9 Å². The van der Waals surface area contributed by atoms with E-state index >= 15 is 0 Å². The molecular weight excluding hydrogens is 400 g/mol. The molecule has 1 N–H and O–H groups in total. The second-order valence-electron chi connectivity index (χ2n) is 8.26. The Labute approximate surface area is 188 Å². The predicted octanol–water partition coefficient (Wildman–Crippen LogP) is 4.35. The number of hydrogen-bond donors (Lipinski definition) is 1. The number of carbonyl (C=O) groups is 1. The summed E-state index contributed by atoms with van der Waals surface area (Å²) in [7, 11) is 0. The lowest BCUT2D eigenvalue weighted by Crippen LogP contribution is -2.38. The predicted molar refractivity (Wildman–Crippen MR) is 126 cm³/mol. The third-order valence-electron chi connectivity index (χ3n) is 5.47. The summed E-state index contributed by atoms with van der Waals surface area (Å²) in [5.74, 6) is 0.799. The number of hydrogen-bond acceptors (Lipinski definition) is 6. The molecule has 0 spiro atoms. The van der Waals surface area contributed by atoms with Crippen molar-refractivity contribution in [1.29, 1.82) is 0 Å². The normalized spacial score (nSPS) is 16.3. The van der Waals surface area contributed by atoms with Crippen LogP contribution in [0.15, 0.2) is 48.8 Å². The number of aryl methyl sites for hydroxylation is 3. The minimum atomic E-state index is 0.0215. The van der Waals surface area contributed by atoms with Crippen molar-refractivity contribution >= 4 is 23.6 Å². The summed E-state index contributed by atoms with van der Waals surface area (Å²) in [4.78, 5) is 32.5.